The van der Waals surface area contributed by atoms with E-state index in [-0.39, 0.29) is 0 Å². The van der Waals surface area contributed by atoms with Gasteiger partial charge in [0.15, 0.2) is 0 Å². The van der Waals surface area contributed by atoms with E-state index in [0.29, 0.717) is 4.48 Å². The van der Waals surface area contributed by atoms with Gasteiger partial charge < -0.3 is 0 Å². The SMILES string of the molecule is C[N+](C)(C)c1ccccc1C#N. The Morgan fingerprint density at radius 2 is 1.75 bits per heavy atom. The Kier molecular flexibility index (Phi) is 2.16. The molecule has 2 nitrogen and oxygen atoms in total. The van der Waals surface area contributed by atoms with Crippen molar-refractivity contribution in [2.75, 3.05) is 21.1 Å². The first kappa shape index (κ1) is 8.76. The van der Waals surface area contributed by atoms with Crippen molar-refractivity contribution in [2.45, 2.75) is 0 Å². The summed E-state index contributed by atoms with van der Waals surface area (Å²) in [7, 11) is 6.16. The fraction of sp³-hybridized carbons (Fsp3) is 0.300. The molecular weight excluding hydrogens is 148 g/mol. The summed E-state index contributed by atoms with van der Waals surface area (Å²) in [5.74, 6) is 0. The molecule has 0 aliphatic heterocycles. The zero-order chi connectivity index (χ0) is 9.19. The van der Waals surface area contributed by atoms with Crippen molar-refractivity contribution in [3.05, 3.63) is 29.8 Å². The first-order valence-corrected chi connectivity index (χ1v) is 3.87. The molecule has 1 rings (SSSR count). The average molecular weight is 161 g/mol. The molecule has 62 valence electrons. The molecule has 0 bridgehead atoms. The highest BCUT2D eigenvalue weighted by molar-refractivity contribution is 5.55. The molecule has 0 aliphatic rings. The second-order valence-corrected chi connectivity index (χ2v) is 3.64. The zero-order valence-corrected chi connectivity index (χ0v) is 7.70. The van der Waals surface area contributed by atoms with E-state index in [2.05, 4.69) is 27.2 Å². The zero-order valence-electron chi connectivity index (χ0n) is 7.70. The van der Waals surface area contributed by atoms with Gasteiger partial charge in [-0.2, -0.15) is 5.26 Å². The van der Waals surface area contributed by atoms with Crippen molar-refractivity contribution in [3.63, 3.8) is 0 Å². The van der Waals surface area contributed by atoms with Crippen LogP contribution < -0.4 is 4.48 Å². The largest absolute Gasteiger partial charge is 0.297 e. The number of benzene rings is 1. The predicted octanol–water partition coefficient (Wildman–Crippen LogP) is 1.75. The number of quaternary nitrogens is 1. The van der Waals surface area contributed by atoms with Gasteiger partial charge in [0, 0.05) is 6.07 Å². The number of hydrogen-bond donors (Lipinski definition) is 0. The third-order valence-electron chi connectivity index (χ3n) is 1.75. The Labute approximate surface area is 73.3 Å². The van der Waals surface area contributed by atoms with Crippen LogP contribution >= 0.6 is 0 Å². The van der Waals surface area contributed by atoms with Crippen molar-refractivity contribution in [1.29, 1.82) is 5.26 Å². The lowest BCUT2D eigenvalue weighted by atomic mass is 10.1. The molecule has 0 aliphatic carbocycles. The van der Waals surface area contributed by atoms with Crippen molar-refractivity contribution in [1.82, 2.24) is 4.48 Å². The van der Waals surface area contributed by atoms with Gasteiger partial charge in [-0.3, -0.25) is 4.48 Å². The molecule has 0 aromatic heterocycles. The topological polar surface area (TPSA) is 23.8 Å². The van der Waals surface area contributed by atoms with Crippen molar-refractivity contribution in [3.8, 4) is 6.07 Å². The predicted molar refractivity (Wildman–Crippen MR) is 50.7 cm³/mol. The molecule has 0 heterocycles. The van der Waals surface area contributed by atoms with Crippen molar-refractivity contribution >= 4 is 5.69 Å². The van der Waals surface area contributed by atoms with Gasteiger partial charge in [0.1, 0.15) is 17.3 Å². The highest BCUT2D eigenvalue weighted by Crippen LogP contribution is 2.20. The Morgan fingerprint density at radius 3 is 2.17 bits per heavy atom. The first-order chi connectivity index (χ1) is 5.55. The molecule has 0 fully saturated rings. The molecule has 0 radical (unpaired) electrons. The highest BCUT2D eigenvalue weighted by Gasteiger charge is 2.15. The standard InChI is InChI=1S/C10H13N2/c1-12(2,3)10-7-5-4-6-9(10)8-11/h4-7H,1-3H3/q+1. The minimum absolute atomic E-state index is 0.684. The third-order valence-corrected chi connectivity index (χ3v) is 1.75. The van der Waals surface area contributed by atoms with Crippen LogP contribution in [0.5, 0.6) is 0 Å². The molecule has 1 aromatic carbocycles. The number of hydrogen-bond acceptors (Lipinski definition) is 1. The number of nitriles is 1. The summed E-state index contributed by atoms with van der Waals surface area (Å²) in [5, 5.41) is 8.82. The molecule has 2 heteroatoms. The van der Waals surface area contributed by atoms with Crippen molar-refractivity contribution in [2.24, 2.45) is 0 Å². The maximum absolute atomic E-state index is 8.82. The van der Waals surface area contributed by atoms with E-state index in [0.717, 1.165) is 11.3 Å². The van der Waals surface area contributed by atoms with Gasteiger partial charge in [-0.25, -0.2) is 0 Å². The third kappa shape index (κ3) is 1.63. The van der Waals surface area contributed by atoms with Gasteiger partial charge in [-0.1, -0.05) is 12.1 Å². The summed E-state index contributed by atoms with van der Waals surface area (Å²) in [4.78, 5) is 0. The molecule has 0 atom stereocenters. The van der Waals surface area contributed by atoms with E-state index < -0.39 is 0 Å². The van der Waals surface area contributed by atoms with Gasteiger partial charge in [0.05, 0.1) is 21.1 Å². The Bertz CT molecular complexity index is 315. The van der Waals surface area contributed by atoms with Gasteiger partial charge >= 0.3 is 0 Å². The normalized spacial score (nSPS) is 10.8. The van der Waals surface area contributed by atoms with Crippen LogP contribution in [0, 0.1) is 11.3 Å². The lowest BCUT2D eigenvalue weighted by Crippen LogP contribution is -2.35. The van der Waals surface area contributed by atoms with Crippen LogP contribution in [0.2, 0.25) is 0 Å². The Hall–Kier alpha value is -1.33. The molecule has 0 N–H and O–H groups in total. The van der Waals surface area contributed by atoms with Crippen LogP contribution in [0.1, 0.15) is 5.56 Å². The van der Waals surface area contributed by atoms with E-state index in [1.807, 2.05) is 24.3 Å². The molecule has 0 saturated carbocycles. The summed E-state index contributed by atoms with van der Waals surface area (Å²) in [5.41, 5.74) is 1.81. The summed E-state index contributed by atoms with van der Waals surface area (Å²) >= 11 is 0. The molecule has 0 spiro atoms. The number of nitrogens with zero attached hydrogens (tertiary/aromatic N) is 2. The van der Waals surface area contributed by atoms with Crippen LogP contribution in [0.4, 0.5) is 5.69 Å². The van der Waals surface area contributed by atoms with Crippen LogP contribution in [-0.4, -0.2) is 21.1 Å². The molecular formula is C10H13N2+. The quantitative estimate of drug-likeness (QED) is 0.576. The van der Waals surface area contributed by atoms with Crippen LogP contribution in [0.15, 0.2) is 24.3 Å². The maximum atomic E-state index is 8.82. The second kappa shape index (κ2) is 2.96. The second-order valence-electron chi connectivity index (χ2n) is 3.64. The summed E-state index contributed by atoms with van der Waals surface area (Å²) < 4.78 is 0.684. The average Bonchev–Trinajstić information content (AvgIpc) is 2.03. The summed E-state index contributed by atoms with van der Waals surface area (Å²) in [6.07, 6.45) is 0. The molecule has 12 heavy (non-hydrogen) atoms. The minimum atomic E-state index is 0.684. The van der Waals surface area contributed by atoms with Crippen LogP contribution in [0.3, 0.4) is 0 Å². The number of rotatable bonds is 1. The Balaban J connectivity index is 3.26. The Morgan fingerprint density at radius 1 is 1.17 bits per heavy atom. The van der Waals surface area contributed by atoms with Gasteiger partial charge in [-0.05, 0) is 6.07 Å². The molecule has 0 amide bonds. The van der Waals surface area contributed by atoms with Crippen molar-refractivity contribution < 1.29 is 0 Å². The number of para-hydroxylation sites is 1. The van der Waals surface area contributed by atoms with Crippen LogP contribution in [0.25, 0.3) is 0 Å². The molecule has 0 saturated heterocycles. The van der Waals surface area contributed by atoms with E-state index in [1.165, 1.54) is 0 Å². The summed E-state index contributed by atoms with van der Waals surface area (Å²) in [6.45, 7) is 0. The first-order valence-electron chi connectivity index (χ1n) is 3.87. The smallest absolute Gasteiger partial charge is 0.150 e. The highest BCUT2D eigenvalue weighted by atomic mass is 15.3. The molecule has 0 unspecified atom stereocenters. The maximum Gasteiger partial charge on any atom is 0.150 e. The van der Waals surface area contributed by atoms with Crippen LogP contribution in [-0.2, 0) is 0 Å². The van der Waals surface area contributed by atoms with E-state index in [1.54, 1.807) is 0 Å². The van der Waals surface area contributed by atoms with E-state index >= 15 is 0 Å². The minimum Gasteiger partial charge on any atom is -0.297 e. The van der Waals surface area contributed by atoms with E-state index in [4.69, 9.17) is 5.26 Å². The lowest BCUT2D eigenvalue weighted by molar-refractivity contribution is 0.485. The lowest BCUT2D eigenvalue weighted by Gasteiger charge is -2.23. The molecule has 1 aromatic rings. The monoisotopic (exact) mass is 161 g/mol. The van der Waals surface area contributed by atoms with E-state index in [9.17, 15) is 0 Å². The summed E-state index contributed by atoms with van der Waals surface area (Å²) in [6, 6.07) is 9.86. The fourth-order valence-corrected chi connectivity index (χ4v) is 1.15. The fourth-order valence-electron chi connectivity index (χ4n) is 1.15. The van der Waals surface area contributed by atoms with Gasteiger partial charge in [-0.15, -0.1) is 0 Å². The van der Waals surface area contributed by atoms with Gasteiger partial charge in [0.2, 0.25) is 0 Å². The van der Waals surface area contributed by atoms with Gasteiger partial charge in [0.25, 0.3) is 0 Å².